The van der Waals surface area contributed by atoms with Crippen molar-refractivity contribution >= 4 is 11.0 Å². The Kier molecular flexibility index (Phi) is 3.55. The minimum Gasteiger partial charge on any atom is -0.439 e. The van der Waals surface area contributed by atoms with Gasteiger partial charge in [0.25, 0.3) is 0 Å². The number of hydrogen-bond acceptors (Lipinski definition) is 5. The summed E-state index contributed by atoms with van der Waals surface area (Å²) in [7, 11) is 0. The first-order valence-corrected chi connectivity index (χ1v) is 8.21. The zero-order valence-corrected chi connectivity index (χ0v) is 14.4. The first-order valence-electron chi connectivity index (χ1n) is 8.21. The Hall–Kier alpha value is -3.52. The molecule has 0 saturated carbocycles. The maximum absolute atomic E-state index is 12.8. The van der Waals surface area contributed by atoms with E-state index in [4.69, 9.17) is 14.9 Å². The van der Waals surface area contributed by atoms with Gasteiger partial charge >= 0.3 is 5.63 Å². The van der Waals surface area contributed by atoms with Crippen LogP contribution in [0.15, 0.2) is 63.1 Å². The van der Waals surface area contributed by atoms with E-state index >= 15 is 0 Å². The van der Waals surface area contributed by atoms with E-state index in [2.05, 4.69) is 6.07 Å². The smallest absolute Gasteiger partial charge is 0.344 e. The highest BCUT2D eigenvalue weighted by atomic mass is 16.5. The molecule has 128 valence electrons. The predicted octanol–water partition coefficient (Wildman–Crippen LogP) is 3.63. The Bertz CT molecular complexity index is 1180. The van der Waals surface area contributed by atoms with Crippen LogP contribution in [-0.4, -0.2) is 0 Å². The molecule has 0 saturated heterocycles. The van der Waals surface area contributed by atoms with Gasteiger partial charge in [-0.25, -0.2) is 4.79 Å². The van der Waals surface area contributed by atoms with Gasteiger partial charge in [-0.15, -0.1) is 0 Å². The van der Waals surface area contributed by atoms with Gasteiger partial charge in [0, 0.05) is 0 Å². The molecule has 5 nitrogen and oxygen atoms in total. The second kappa shape index (κ2) is 5.78. The molecule has 0 unspecified atom stereocenters. The first-order chi connectivity index (χ1) is 12.5. The van der Waals surface area contributed by atoms with Gasteiger partial charge in [-0.1, -0.05) is 30.3 Å². The van der Waals surface area contributed by atoms with Gasteiger partial charge in [-0.3, -0.25) is 0 Å². The van der Waals surface area contributed by atoms with Gasteiger partial charge < -0.3 is 14.9 Å². The standard InChI is InChI=1S/C21H16N2O3/c1-11-7-8-13(9-12(11)2)17-15(10-22)20(23)26-19-14-5-3-4-6-16(14)25-21(24)18(17)19/h3-9,17H,23H2,1-2H3/t17-/m1/s1. The Morgan fingerprint density at radius 1 is 1.12 bits per heavy atom. The summed E-state index contributed by atoms with van der Waals surface area (Å²) in [6.45, 7) is 4.00. The molecule has 0 radical (unpaired) electrons. The Balaban J connectivity index is 2.08. The quantitative estimate of drug-likeness (QED) is 0.681. The van der Waals surface area contributed by atoms with Crippen LogP contribution in [0.5, 0.6) is 5.75 Å². The minimum absolute atomic E-state index is 0.0129. The number of nitrogens with two attached hydrogens (primary N) is 1. The summed E-state index contributed by atoms with van der Waals surface area (Å²) in [5, 5.41) is 10.3. The van der Waals surface area contributed by atoms with Gasteiger partial charge in [0.15, 0.2) is 5.75 Å². The molecule has 2 aromatic carbocycles. The summed E-state index contributed by atoms with van der Waals surface area (Å²) in [6.07, 6.45) is 0. The third-order valence-corrected chi connectivity index (χ3v) is 4.84. The number of aryl methyl sites for hydroxylation is 2. The molecule has 2 heterocycles. The molecular weight excluding hydrogens is 328 g/mol. The molecule has 26 heavy (non-hydrogen) atoms. The number of benzene rings is 2. The van der Waals surface area contributed by atoms with Crippen molar-refractivity contribution in [3.05, 3.63) is 86.6 Å². The molecule has 1 atom stereocenters. The highest BCUT2D eigenvalue weighted by Gasteiger charge is 2.35. The number of nitriles is 1. The summed E-state index contributed by atoms with van der Waals surface area (Å²) in [5.74, 6) is -0.250. The molecule has 0 spiro atoms. The number of rotatable bonds is 1. The number of ether oxygens (including phenoxy) is 1. The molecular formula is C21H16N2O3. The van der Waals surface area contributed by atoms with Crippen LogP contribution >= 0.6 is 0 Å². The van der Waals surface area contributed by atoms with Crippen molar-refractivity contribution in [3.8, 4) is 11.8 Å². The fraction of sp³-hybridized carbons (Fsp3) is 0.143. The van der Waals surface area contributed by atoms with Crippen LogP contribution in [0, 0.1) is 25.2 Å². The van der Waals surface area contributed by atoms with Gasteiger partial charge in [0.1, 0.15) is 17.2 Å². The summed E-state index contributed by atoms with van der Waals surface area (Å²) in [4.78, 5) is 12.8. The molecule has 1 aliphatic heterocycles. The molecule has 0 amide bonds. The maximum Gasteiger partial charge on any atom is 0.344 e. The predicted molar refractivity (Wildman–Crippen MR) is 97.7 cm³/mol. The van der Waals surface area contributed by atoms with Crippen molar-refractivity contribution in [2.24, 2.45) is 5.73 Å². The number of allylic oxidation sites excluding steroid dienone is 1. The first kappa shape index (κ1) is 16.0. The van der Waals surface area contributed by atoms with Crippen LogP contribution in [0.2, 0.25) is 0 Å². The second-order valence-electron chi connectivity index (χ2n) is 6.40. The second-order valence-corrected chi connectivity index (χ2v) is 6.40. The van der Waals surface area contributed by atoms with Gasteiger partial charge in [0.05, 0.1) is 16.9 Å². The van der Waals surface area contributed by atoms with E-state index in [0.717, 1.165) is 16.7 Å². The van der Waals surface area contributed by atoms with Gasteiger partial charge in [-0.05, 0) is 42.7 Å². The monoisotopic (exact) mass is 344 g/mol. The van der Waals surface area contributed by atoms with Crippen LogP contribution < -0.4 is 16.1 Å². The van der Waals surface area contributed by atoms with Crippen molar-refractivity contribution < 1.29 is 9.15 Å². The zero-order valence-electron chi connectivity index (χ0n) is 14.4. The Morgan fingerprint density at radius 2 is 1.88 bits per heavy atom. The number of hydrogen-bond donors (Lipinski definition) is 1. The number of para-hydroxylation sites is 1. The number of nitrogens with zero attached hydrogens (tertiary/aromatic N) is 1. The Labute approximate surface area is 149 Å². The van der Waals surface area contributed by atoms with Crippen LogP contribution in [0.25, 0.3) is 11.0 Å². The van der Waals surface area contributed by atoms with E-state index in [9.17, 15) is 10.1 Å². The average molecular weight is 344 g/mol. The highest BCUT2D eigenvalue weighted by Crippen LogP contribution is 2.43. The van der Waals surface area contributed by atoms with Crippen molar-refractivity contribution in [1.29, 1.82) is 5.26 Å². The topological polar surface area (TPSA) is 89.3 Å². The molecule has 3 aromatic rings. The Morgan fingerprint density at radius 3 is 2.62 bits per heavy atom. The summed E-state index contributed by atoms with van der Waals surface area (Å²) in [5.41, 5.74) is 9.45. The molecule has 0 bridgehead atoms. The number of fused-ring (bicyclic) bond motifs is 3. The van der Waals surface area contributed by atoms with Gasteiger partial charge in [-0.2, -0.15) is 5.26 Å². The maximum atomic E-state index is 12.8. The molecule has 4 rings (SSSR count). The van der Waals surface area contributed by atoms with Crippen LogP contribution in [0.1, 0.15) is 28.2 Å². The van der Waals surface area contributed by atoms with E-state index in [1.807, 2.05) is 38.1 Å². The normalized spacial score (nSPS) is 16.1. The fourth-order valence-corrected chi connectivity index (χ4v) is 3.34. The van der Waals surface area contributed by atoms with E-state index in [0.29, 0.717) is 22.3 Å². The van der Waals surface area contributed by atoms with Crippen LogP contribution in [0.3, 0.4) is 0 Å². The molecule has 2 N–H and O–H groups in total. The summed E-state index contributed by atoms with van der Waals surface area (Å²) in [6, 6.07) is 15.1. The van der Waals surface area contributed by atoms with Gasteiger partial charge in [0.2, 0.25) is 5.88 Å². The third-order valence-electron chi connectivity index (χ3n) is 4.84. The average Bonchev–Trinajstić information content (AvgIpc) is 2.63. The van der Waals surface area contributed by atoms with Crippen LogP contribution in [-0.2, 0) is 0 Å². The van der Waals surface area contributed by atoms with Crippen LogP contribution in [0.4, 0.5) is 0 Å². The van der Waals surface area contributed by atoms with Crippen molar-refractivity contribution in [3.63, 3.8) is 0 Å². The fourth-order valence-electron chi connectivity index (χ4n) is 3.34. The van der Waals surface area contributed by atoms with E-state index in [1.54, 1.807) is 18.2 Å². The largest absolute Gasteiger partial charge is 0.439 e. The summed E-state index contributed by atoms with van der Waals surface area (Å²) < 4.78 is 11.2. The molecule has 1 aromatic heterocycles. The lowest BCUT2D eigenvalue weighted by Crippen LogP contribution is -2.26. The molecule has 1 aliphatic rings. The lowest BCUT2D eigenvalue weighted by atomic mass is 9.83. The lowest BCUT2D eigenvalue weighted by Gasteiger charge is -2.26. The minimum atomic E-state index is -0.621. The highest BCUT2D eigenvalue weighted by molar-refractivity contribution is 5.86. The van der Waals surface area contributed by atoms with E-state index in [-0.39, 0.29) is 11.5 Å². The van der Waals surface area contributed by atoms with Crippen molar-refractivity contribution in [1.82, 2.24) is 0 Å². The van der Waals surface area contributed by atoms with Crippen molar-refractivity contribution in [2.45, 2.75) is 19.8 Å². The molecule has 0 fully saturated rings. The third kappa shape index (κ3) is 2.27. The van der Waals surface area contributed by atoms with E-state index < -0.39 is 11.5 Å². The molecule has 0 aliphatic carbocycles. The zero-order chi connectivity index (χ0) is 18.4. The lowest BCUT2D eigenvalue weighted by molar-refractivity contribution is 0.388. The summed E-state index contributed by atoms with van der Waals surface area (Å²) >= 11 is 0. The van der Waals surface area contributed by atoms with E-state index in [1.165, 1.54) is 0 Å². The molecule has 5 heteroatoms. The SMILES string of the molecule is Cc1ccc([C@@H]2C(C#N)=C(N)Oc3c2c(=O)oc2ccccc32)cc1C. The van der Waals surface area contributed by atoms with Crippen molar-refractivity contribution in [2.75, 3.05) is 0 Å².